The predicted octanol–water partition coefficient (Wildman–Crippen LogP) is 2.16. The van der Waals surface area contributed by atoms with Gasteiger partial charge in [-0.1, -0.05) is 0 Å². The molecule has 1 aliphatic rings. The minimum Gasteiger partial charge on any atom is -0.325 e. The van der Waals surface area contributed by atoms with Gasteiger partial charge in [0.1, 0.15) is 0 Å². The number of aryl methyl sites for hydroxylation is 1. The predicted molar refractivity (Wildman–Crippen MR) is 58.2 cm³/mol. The second-order valence-electron chi connectivity index (χ2n) is 4.99. The summed E-state index contributed by atoms with van der Waals surface area (Å²) in [7, 11) is 0. The molecule has 0 bridgehead atoms. The Kier molecular flexibility index (Phi) is 1.93. The summed E-state index contributed by atoms with van der Waals surface area (Å²) in [6, 6.07) is 4.27. The van der Waals surface area contributed by atoms with Gasteiger partial charge in [0.15, 0.2) is 0 Å². The zero-order valence-electron chi connectivity index (χ0n) is 9.17. The molecule has 1 saturated carbocycles. The van der Waals surface area contributed by atoms with Crippen LogP contribution in [0.3, 0.4) is 0 Å². The Hall–Kier alpha value is -0.890. The van der Waals surface area contributed by atoms with E-state index < -0.39 is 0 Å². The molecule has 0 spiro atoms. The van der Waals surface area contributed by atoms with Crippen molar-refractivity contribution in [3.05, 3.63) is 29.6 Å². The Bertz CT molecular complexity index is 346. The highest BCUT2D eigenvalue weighted by Crippen LogP contribution is 2.54. The van der Waals surface area contributed by atoms with Crippen LogP contribution in [0.5, 0.6) is 0 Å². The molecular weight excluding hydrogens is 172 g/mol. The molecule has 1 fully saturated rings. The molecule has 2 heteroatoms. The standard InChI is InChI=1S/C12H18N2/c1-9-8-10(4-7-14-9)12(5-6-12)11(2,3)13/h4,7-8H,5-6,13H2,1-3H3. The second kappa shape index (κ2) is 2.80. The first-order valence-corrected chi connectivity index (χ1v) is 5.18. The number of pyridine rings is 1. The molecule has 0 aliphatic heterocycles. The van der Waals surface area contributed by atoms with Crippen molar-refractivity contribution in [2.45, 2.75) is 44.6 Å². The van der Waals surface area contributed by atoms with Gasteiger partial charge in [0, 0.05) is 22.8 Å². The zero-order valence-corrected chi connectivity index (χ0v) is 9.17. The maximum atomic E-state index is 6.24. The van der Waals surface area contributed by atoms with Gasteiger partial charge in [-0.05, 0) is 51.3 Å². The first kappa shape index (κ1) is 9.66. The number of hydrogen-bond acceptors (Lipinski definition) is 2. The van der Waals surface area contributed by atoms with Crippen LogP contribution in [-0.4, -0.2) is 10.5 Å². The van der Waals surface area contributed by atoms with E-state index >= 15 is 0 Å². The minimum atomic E-state index is -0.124. The van der Waals surface area contributed by atoms with Crippen LogP contribution in [0.4, 0.5) is 0 Å². The molecule has 1 aliphatic carbocycles. The molecule has 14 heavy (non-hydrogen) atoms. The SMILES string of the molecule is Cc1cc(C2(C(C)(C)N)CC2)ccn1. The molecule has 0 atom stereocenters. The smallest absolute Gasteiger partial charge is 0.0375 e. The zero-order chi connectivity index (χ0) is 10.4. The van der Waals surface area contributed by atoms with Crippen LogP contribution in [0.1, 0.15) is 37.9 Å². The van der Waals surface area contributed by atoms with Gasteiger partial charge < -0.3 is 5.73 Å². The lowest BCUT2D eigenvalue weighted by Gasteiger charge is -2.31. The van der Waals surface area contributed by atoms with E-state index in [0.29, 0.717) is 0 Å². The summed E-state index contributed by atoms with van der Waals surface area (Å²) in [5, 5.41) is 0. The highest BCUT2D eigenvalue weighted by molar-refractivity contribution is 5.36. The van der Waals surface area contributed by atoms with Crippen molar-refractivity contribution in [3.63, 3.8) is 0 Å². The summed E-state index contributed by atoms with van der Waals surface area (Å²) in [5.41, 5.74) is 8.76. The molecule has 1 aromatic rings. The van der Waals surface area contributed by atoms with Crippen LogP contribution >= 0.6 is 0 Å². The van der Waals surface area contributed by atoms with Crippen LogP contribution in [0, 0.1) is 6.92 Å². The van der Waals surface area contributed by atoms with Gasteiger partial charge in [-0.2, -0.15) is 0 Å². The van der Waals surface area contributed by atoms with Crippen LogP contribution in [0.2, 0.25) is 0 Å². The van der Waals surface area contributed by atoms with E-state index in [1.54, 1.807) is 0 Å². The lowest BCUT2D eigenvalue weighted by atomic mass is 9.79. The van der Waals surface area contributed by atoms with Crippen molar-refractivity contribution in [1.82, 2.24) is 4.98 Å². The van der Waals surface area contributed by atoms with Crippen molar-refractivity contribution in [1.29, 1.82) is 0 Å². The maximum Gasteiger partial charge on any atom is 0.0375 e. The summed E-state index contributed by atoms with van der Waals surface area (Å²) in [6.07, 6.45) is 4.30. The molecule has 0 saturated heterocycles. The number of hydrogen-bond donors (Lipinski definition) is 1. The Morgan fingerprint density at radius 1 is 1.43 bits per heavy atom. The average molecular weight is 190 g/mol. The highest BCUT2D eigenvalue weighted by atomic mass is 14.8. The molecule has 0 radical (unpaired) electrons. The molecule has 0 unspecified atom stereocenters. The van der Waals surface area contributed by atoms with E-state index in [0.717, 1.165) is 5.69 Å². The fraction of sp³-hybridized carbons (Fsp3) is 0.583. The van der Waals surface area contributed by atoms with E-state index in [2.05, 4.69) is 31.0 Å². The van der Waals surface area contributed by atoms with Crippen molar-refractivity contribution < 1.29 is 0 Å². The van der Waals surface area contributed by atoms with Crippen molar-refractivity contribution in [2.75, 3.05) is 0 Å². The molecule has 2 rings (SSSR count). The molecule has 0 aromatic carbocycles. The number of aromatic nitrogens is 1. The molecule has 1 aromatic heterocycles. The maximum absolute atomic E-state index is 6.24. The van der Waals surface area contributed by atoms with Gasteiger partial charge >= 0.3 is 0 Å². The van der Waals surface area contributed by atoms with Gasteiger partial charge in [0.2, 0.25) is 0 Å². The first-order chi connectivity index (χ1) is 6.46. The third-order valence-electron chi connectivity index (χ3n) is 3.43. The van der Waals surface area contributed by atoms with E-state index in [4.69, 9.17) is 5.73 Å². The van der Waals surface area contributed by atoms with Gasteiger partial charge in [0.05, 0.1) is 0 Å². The molecule has 1 heterocycles. The van der Waals surface area contributed by atoms with Crippen LogP contribution in [0.25, 0.3) is 0 Å². The normalized spacial score (nSPS) is 19.4. The topological polar surface area (TPSA) is 38.9 Å². The summed E-state index contributed by atoms with van der Waals surface area (Å²) in [5.74, 6) is 0. The van der Waals surface area contributed by atoms with Crippen molar-refractivity contribution in [2.24, 2.45) is 5.73 Å². The fourth-order valence-corrected chi connectivity index (χ4v) is 2.27. The lowest BCUT2D eigenvalue weighted by Crippen LogP contribution is -2.45. The Morgan fingerprint density at radius 3 is 2.50 bits per heavy atom. The molecule has 2 nitrogen and oxygen atoms in total. The average Bonchev–Trinajstić information content (AvgIpc) is 2.82. The quantitative estimate of drug-likeness (QED) is 0.776. The summed E-state index contributed by atoms with van der Waals surface area (Å²) >= 11 is 0. The van der Waals surface area contributed by atoms with Gasteiger partial charge in [0.25, 0.3) is 0 Å². The van der Waals surface area contributed by atoms with E-state index in [9.17, 15) is 0 Å². The van der Waals surface area contributed by atoms with Crippen LogP contribution < -0.4 is 5.73 Å². The molecule has 76 valence electrons. The van der Waals surface area contributed by atoms with Gasteiger partial charge in [-0.3, -0.25) is 4.98 Å². The Balaban J connectivity index is 2.41. The highest BCUT2D eigenvalue weighted by Gasteiger charge is 2.53. The summed E-state index contributed by atoms with van der Waals surface area (Å²) < 4.78 is 0. The minimum absolute atomic E-state index is 0.124. The molecule has 2 N–H and O–H groups in total. The lowest BCUT2D eigenvalue weighted by molar-refractivity contribution is 0.391. The van der Waals surface area contributed by atoms with Gasteiger partial charge in [-0.25, -0.2) is 0 Å². The third-order valence-corrected chi connectivity index (χ3v) is 3.43. The monoisotopic (exact) mass is 190 g/mol. The Morgan fingerprint density at radius 2 is 2.07 bits per heavy atom. The molecule has 0 amide bonds. The van der Waals surface area contributed by atoms with E-state index in [1.807, 2.05) is 13.1 Å². The largest absolute Gasteiger partial charge is 0.325 e. The van der Waals surface area contributed by atoms with Crippen molar-refractivity contribution >= 4 is 0 Å². The fourth-order valence-electron chi connectivity index (χ4n) is 2.27. The number of nitrogens with zero attached hydrogens (tertiary/aromatic N) is 1. The number of rotatable bonds is 2. The van der Waals surface area contributed by atoms with Crippen molar-refractivity contribution in [3.8, 4) is 0 Å². The van der Waals surface area contributed by atoms with Gasteiger partial charge in [-0.15, -0.1) is 0 Å². The first-order valence-electron chi connectivity index (χ1n) is 5.18. The third kappa shape index (κ3) is 1.34. The van der Waals surface area contributed by atoms with E-state index in [-0.39, 0.29) is 11.0 Å². The molecular formula is C12H18N2. The van der Waals surface area contributed by atoms with Crippen LogP contribution in [0.15, 0.2) is 18.3 Å². The number of nitrogens with two attached hydrogens (primary N) is 1. The van der Waals surface area contributed by atoms with E-state index in [1.165, 1.54) is 18.4 Å². The summed E-state index contributed by atoms with van der Waals surface area (Å²) in [6.45, 7) is 6.27. The van der Waals surface area contributed by atoms with Crippen LogP contribution in [-0.2, 0) is 5.41 Å². The Labute approximate surface area is 85.5 Å². The summed E-state index contributed by atoms with van der Waals surface area (Å²) in [4.78, 5) is 4.22. The second-order valence-corrected chi connectivity index (χ2v) is 4.99.